The summed E-state index contributed by atoms with van der Waals surface area (Å²) in [6.45, 7) is 4.48. The number of carboxylic acid groups (broad SMARTS) is 1. The number of nitrogens with zero attached hydrogens (tertiary/aromatic N) is 2. The fourth-order valence-corrected chi connectivity index (χ4v) is 4.61. The summed E-state index contributed by atoms with van der Waals surface area (Å²) in [5, 5.41) is 12.9. The Kier molecular flexibility index (Phi) is 8.09. The van der Waals surface area contributed by atoms with Gasteiger partial charge in [-0.2, -0.15) is 0 Å². The average molecular weight is 447 g/mol. The third-order valence-corrected chi connectivity index (χ3v) is 6.45. The number of nitrogens with one attached hydrogen (secondary N) is 1. The smallest absolute Gasteiger partial charge is 0.326 e. The van der Waals surface area contributed by atoms with Gasteiger partial charge in [0.25, 0.3) is 0 Å². The van der Waals surface area contributed by atoms with Gasteiger partial charge < -0.3 is 30.7 Å². The molecule has 32 heavy (non-hydrogen) atoms. The third kappa shape index (κ3) is 5.77. The lowest BCUT2D eigenvalue weighted by Crippen LogP contribution is -2.53. The Morgan fingerprint density at radius 3 is 2.59 bits per heavy atom. The Hall–Kier alpha value is -2.65. The van der Waals surface area contributed by atoms with E-state index in [4.69, 9.17) is 10.5 Å². The van der Waals surface area contributed by atoms with Gasteiger partial charge in [0.2, 0.25) is 11.8 Å². The number of methoxy groups -OCH3 is 1. The molecular formula is C23H34N4O5. The first kappa shape index (κ1) is 24.0. The lowest BCUT2D eigenvalue weighted by molar-refractivity contribution is -0.149. The van der Waals surface area contributed by atoms with Crippen molar-refractivity contribution in [2.75, 3.05) is 33.3 Å². The van der Waals surface area contributed by atoms with Crippen LogP contribution in [-0.4, -0.2) is 84.1 Å². The number of benzene rings is 1. The van der Waals surface area contributed by atoms with E-state index in [0.717, 1.165) is 24.4 Å². The molecule has 4 atom stereocenters. The van der Waals surface area contributed by atoms with Gasteiger partial charge in [0.15, 0.2) is 0 Å². The highest BCUT2D eigenvalue weighted by Crippen LogP contribution is 2.28. The van der Waals surface area contributed by atoms with Crippen molar-refractivity contribution in [3.05, 3.63) is 29.8 Å². The zero-order valence-electron chi connectivity index (χ0n) is 18.8. The van der Waals surface area contributed by atoms with E-state index >= 15 is 0 Å². The molecule has 9 heteroatoms. The van der Waals surface area contributed by atoms with Gasteiger partial charge in [-0.1, -0.05) is 12.1 Å². The second kappa shape index (κ2) is 10.8. The summed E-state index contributed by atoms with van der Waals surface area (Å²) in [5.74, 6) is -0.639. The Labute approximate surface area is 188 Å². The number of amides is 2. The molecule has 1 aromatic carbocycles. The van der Waals surface area contributed by atoms with Crippen molar-refractivity contribution < 1.29 is 24.2 Å². The predicted octanol–water partition coefficient (Wildman–Crippen LogP) is 0.467. The van der Waals surface area contributed by atoms with Gasteiger partial charge >= 0.3 is 5.97 Å². The first-order valence-corrected chi connectivity index (χ1v) is 11.2. The Morgan fingerprint density at radius 1 is 1.25 bits per heavy atom. The number of carbonyl (C=O) groups excluding carboxylic acids is 2. The van der Waals surface area contributed by atoms with E-state index < -0.39 is 24.0 Å². The minimum Gasteiger partial charge on any atom is -0.497 e. The van der Waals surface area contributed by atoms with Gasteiger partial charge in [-0.15, -0.1) is 0 Å². The number of hydrogen-bond donors (Lipinski definition) is 3. The maximum absolute atomic E-state index is 13.0. The van der Waals surface area contributed by atoms with Crippen LogP contribution in [0.1, 0.15) is 31.7 Å². The molecule has 0 aliphatic carbocycles. The van der Waals surface area contributed by atoms with E-state index in [1.54, 1.807) is 7.11 Å². The SMILES string of the molecule is COc1ccc(C[C@@H]2C[C@@H](C(=O)O)N(C(=O)C(N)CCC(=O)N3CCNCC3C)C2)cc1. The van der Waals surface area contributed by atoms with Crippen molar-refractivity contribution in [1.29, 1.82) is 0 Å². The Bertz CT molecular complexity index is 815. The molecule has 2 aliphatic rings. The van der Waals surface area contributed by atoms with Crippen molar-refractivity contribution in [1.82, 2.24) is 15.1 Å². The van der Waals surface area contributed by atoms with Gasteiger partial charge in [-0.3, -0.25) is 9.59 Å². The number of aliphatic carboxylic acids is 1. The van der Waals surface area contributed by atoms with Gasteiger partial charge in [-0.05, 0) is 49.8 Å². The molecule has 2 saturated heterocycles. The summed E-state index contributed by atoms with van der Waals surface area (Å²) in [4.78, 5) is 40.5. The summed E-state index contributed by atoms with van der Waals surface area (Å²) >= 11 is 0. The molecular weight excluding hydrogens is 412 g/mol. The number of rotatable bonds is 8. The first-order valence-electron chi connectivity index (χ1n) is 11.2. The molecule has 0 aromatic heterocycles. The van der Waals surface area contributed by atoms with Crippen LogP contribution in [0.3, 0.4) is 0 Å². The average Bonchev–Trinajstić information content (AvgIpc) is 3.21. The summed E-state index contributed by atoms with van der Waals surface area (Å²) < 4.78 is 5.17. The molecule has 1 aromatic rings. The second-order valence-corrected chi connectivity index (χ2v) is 8.78. The van der Waals surface area contributed by atoms with E-state index in [1.165, 1.54) is 4.90 Å². The summed E-state index contributed by atoms with van der Waals surface area (Å²) in [5.41, 5.74) is 7.18. The summed E-state index contributed by atoms with van der Waals surface area (Å²) in [7, 11) is 1.61. The fraction of sp³-hybridized carbons (Fsp3) is 0.609. The lowest BCUT2D eigenvalue weighted by atomic mass is 9.97. The summed E-state index contributed by atoms with van der Waals surface area (Å²) in [6, 6.07) is 5.97. The van der Waals surface area contributed by atoms with Crippen molar-refractivity contribution >= 4 is 17.8 Å². The molecule has 3 rings (SSSR count). The first-order chi connectivity index (χ1) is 15.3. The van der Waals surface area contributed by atoms with Crippen LogP contribution in [0.5, 0.6) is 5.75 Å². The van der Waals surface area contributed by atoms with Gasteiger partial charge in [0.05, 0.1) is 13.2 Å². The second-order valence-electron chi connectivity index (χ2n) is 8.78. The minimum absolute atomic E-state index is 0.0177. The predicted molar refractivity (Wildman–Crippen MR) is 119 cm³/mol. The molecule has 0 radical (unpaired) electrons. The molecule has 176 valence electrons. The van der Waals surface area contributed by atoms with E-state index in [1.807, 2.05) is 36.1 Å². The van der Waals surface area contributed by atoms with Gasteiger partial charge in [0.1, 0.15) is 11.8 Å². The molecule has 4 N–H and O–H groups in total. The van der Waals surface area contributed by atoms with Crippen LogP contribution in [0.25, 0.3) is 0 Å². The molecule has 2 amide bonds. The number of ether oxygens (including phenoxy) is 1. The maximum atomic E-state index is 13.0. The number of likely N-dealkylation sites (tertiary alicyclic amines) is 1. The molecule has 2 fully saturated rings. The zero-order chi connectivity index (χ0) is 23.3. The number of carbonyl (C=O) groups is 3. The van der Waals surface area contributed by atoms with Crippen LogP contribution in [0.2, 0.25) is 0 Å². The Morgan fingerprint density at radius 2 is 1.97 bits per heavy atom. The molecule has 2 aliphatic heterocycles. The van der Waals surface area contributed by atoms with Crippen molar-refractivity contribution in [3.63, 3.8) is 0 Å². The molecule has 2 heterocycles. The Balaban J connectivity index is 1.56. The standard InChI is InChI=1S/C23H34N4O5/c1-15-13-25-9-10-26(15)21(28)8-7-19(24)22(29)27-14-17(12-20(27)23(30)31)11-16-3-5-18(32-2)6-4-16/h3-6,15,17,19-20,25H,7-14,24H2,1-2H3,(H,30,31)/t15?,17-,19?,20+/m1/s1. The lowest BCUT2D eigenvalue weighted by Gasteiger charge is -2.34. The van der Waals surface area contributed by atoms with E-state index in [0.29, 0.717) is 25.9 Å². The van der Waals surface area contributed by atoms with Crippen LogP contribution < -0.4 is 15.8 Å². The number of carboxylic acids is 1. The van der Waals surface area contributed by atoms with Crippen LogP contribution >= 0.6 is 0 Å². The van der Waals surface area contributed by atoms with Crippen molar-refractivity contribution in [2.45, 2.75) is 50.7 Å². The van der Waals surface area contributed by atoms with Crippen molar-refractivity contribution in [2.24, 2.45) is 11.7 Å². The van der Waals surface area contributed by atoms with E-state index in [-0.39, 0.29) is 30.7 Å². The maximum Gasteiger partial charge on any atom is 0.326 e. The quantitative estimate of drug-likeness (QED) is 0.530. The number of piperazine rings is 1. The van der Waals surface area contributed by atoms with Crippen LogP contribution in [0, 0.1) is 5.92 Å². The van der Waals surface area contributed by atoms with E-state index in [9.17, 15) is 19.5 Å². The number of hydrogen-bond acceptors (Lipinski definition) is 6. The van der Waals surface area contributed by atoms with Gasteiger partial charge in [0, 0.05) is 38.6 Å². The van der Waals surface area contributed by atoms with E-state index in [2.05, 4.69) is 5.32 Å². The fourth-order valence-electron chi connectivity index (χ4n) is 4.61. The molecule has 0 saturated carbocycles. The zero-order valence-corrected chi connectivity index (χ0v) is 18.8. The minimum atomic E-state index is -1.02. The number of nitrogens with two attached hydrogens (primary N) is 1. The monoisotopic (exact) mass is 446 g/mol. The van der Waals surface area contributed by atoms with Gasteiger partial charge in [-0.25, -0.2) is 4.79 Å². The molecule has 9 nitrogen and oxygen atoms in total. The third-order valence-electron chi connectivity index (χ3n) is 6.45. The topological polar surface area (TPSA) is 125 Å². The van der Waals surface area contributed by atoms with Crippen LogP contribution in [-0.2, 0) is 20.8 Å². The highest BCUT2D eigenvalue weighted by molar-refractivity contribution is 5.88. The molecule has 2 unspecified atom stereocenters. The highest BCUT2D eigenvalue weighted by atomic mass is 16.5. The highest BCUT2D eigenvalue weighted by Gasteiger charge is 2.41. The molecule has 0 bridgehead atoms. The van der Waals surface area contributed by atoms with Crippen molar-refractivity contribution in [3.8, 4) is 5.75 Å². The molecule has 0 spiro atoms. The van der Waals surface area contributed by atoms with Crippen LogP contribution in [0.15, 0.2) is 24.3 Å². The summed E-state index contributed by atoms with van der Waals surface area (Å²) in [6.07, 6.45) is 1.45. The normalized spacial score (nSPS) is 24.3. The largest absolute Gasteiger partial charge is 0.497 e. The van der Waals surface area contributed by atoms with Crippen LogP contribution in [0.4, 0.5) is 0 Å².